The van der Waals surface area contributed by atoms with Crippen LogP contribution in [-0.2, 0) is 4.74 Å². The Balaban J connectivity index is 1.79. The first-order valence-corrected chi connectivity index (χ1v) is 6.57. The van der Waals surface area contributed by atoms with Crippen LogP contribution in [0, 0.1) is 0 Å². The van der Waals surface area contributed by atoms with Gasteiger partial charge in [0.25, 0.3) is 0 Å². The molecule has 2 unspecified atom stereocenters. The van der Waals surface area contributed by atoms with Crippen LogP contribution in [0.1, 0.15) is 51.4 Å². The third-order valence-electron chi connectivity index (χ3n) is 3.29. The summed E-state index contributed by atoms with van der Waals surface area (Å²) in [6, 6.07) is 0. The highest BCUT2D eigenvalue weighted by Crippen LogP contribution is 2.31. The van der Waals surface area contributed by atoms with E-state index in [4.69, 9.17) is 4.74 Å². The first kappa shape index (κ1) is 9.97. The molecule has 2 rings (SSSR count). The smallest absolute Gasteiger partial charge is 0.0703 e. The molecular formula is C11H19BrO. The minimum Gasteiger partial charge on any atom is -0.374 e. The maximum absolute atomic E-state index is 6.07. The monoisotopic (exact) mass is 246 g/mol. The third kappa shape index (κ3) is 2.69. The van der Waals surface area contributed by atoms with E-state index in [0.717, 1.165) is 0 Å². The van der Waals surface area contributed by atoms with Gasteiger partial charge in [-0.3, -0.25) is 0 Å². The highest BCUT2D eigenvalue weighted by atomic mass is 79.9. The number of rotatable bonds is 2. The first-order valence-electron chi connectivity index (χ1n) is 5.66. The van der Waals surface area contributed by atoms with E-state index >= 15 is 0 Å². The summed E-state index contributed by atoms with van der Waals surface area (Å²) in [5, 5.41) is 0. The number of halogens is 1. The molecule has 2 aliphatic rings. The Morgan fingerprint density at radius 2 is 1.62 bits per heavy atom. The summed E-state index contributed by atoms with van der Waals surface area (Å²) in [4.78, 5) is 0.621. The molecule has 0 aromatic heterocycles. The van der Waals surface area contributed by atoms with E-state index in [0.29, 0.717) is 17.0 Å². The largest absolute Gasteiger partial charge is 0.374 e. The molecule has 0 heterocycles. The van der Waals surface area contributed by atoms with Crippen molar-refractivity contribution in [2.45, 2.75) is 68.4 Å². The predicted molar refractivity (Wildman–Crippen MR) is 58.3 cm³/mol. The Labute approximate surface area is 89.4 Å². The molecule has 2 saturated carbocycles. The van der Waals surface area contributed by atoms with Crippen molar-refractivity contribution >= 4 is 15.9 Å². The average molecular weight is 247 g/mol. The summed E-state index contributed by atoms with van der Waals surface area (Å²) in [7, 11) is 0. The fourth-order valence-electron chi connectivity index (χ4n) is 2.14. The van der Waals surface area contributed by atoms with Crippen LogP contribution in [0.2, 0.25) is 0 Å². The van der Waals surface area contributed by atoms with Crippen molar-refractivity contribution in [1.82, 2.24) is 0 Å². The predicted octanol–water partition coefficient (Wildman–Crippen LogP) is 3.65. The molecule has 0 N–H and O–H groups in total. The van der Waals surface area contributed by atoms with Crippen LogP contribution >= 0.6 is 15.9 Å². The fraction of sp³-hybridized carbons (Fsp3) is 1.00. The molecular weight excluding hydrogens is 228 g/mol. The molecule has 0 amide bonds. The molecule has 2 heteroatoms. The van der Waals surface area contributed by atoms with E-state index in [9.17, 15) is 0 Å². The van der Waals surface area contributed by atoms with Crippen LogP contribution in [0.15, 0.2) is 0 Å². The topological polar surface area (TPSA) is 9.23 Å². The summed E-state index contributed by atoms with van der Waals surface area (Å²) < 4.78 is 6.07. The van der Waals surface area contributed by atoms with Crippen molar-refractivity contribution in [2.75, 3.05) is 0 Å². The molecule has 2 fully saturated rings. The van der Waals surface area contributed by atoms with Crippen molar-refractivity contribution in [3.63, 3.8) is 0 Å². The van der Waals surface area contributed by atoms with E-state index in [1.54, 1.807) is 0 Å². The quantitative estimate of drug-likeness (QED) is 0.534. The normalized spacial score (nSPS) is 36.7. The Hall–Kier alpha value is 0.440. The van der Waals surface area contributed by atoms with Crippen LogP contribution < -0.4 is 0 Å². The van der Waals surface area contributed by atoms with Crippen molar-refractivity contribution in [1.29, 1.82) is 0 Å². The molecule has 0 bridgehead atoms. The number of alkyl halides is 1. The molecule has 2 atom stereocenters. The number of hydrogen-bond donors (Lipinski definition) is 0. The molecule has 0 aromatic carbocycles. The second-order valence-corrected chi connectivity index (χ2v) is 5.56. The standard InChI is InChI=1S/C11H19BrO/c12-10-7-2-1-3-8-11(10)13-9-5-4-6-9/h9-11H,1-8H2. The lowest BCUT2D eigenvalue weighted by atomic mass is 9.95. The van der Waals surface area contributed by atoms with E-state index in [-0.39, 0.29) is 0 Å². The summed E-state index contributed by atoms with van der Waals surface area (Å²) >= 11 is 3.76. The zero-order valence-electron chi connectivity index (χ0n) is 8.18. The molecule has 2 aliphatic carbocycles. The van der Waals surface area contributed by atoms with Gasteiger partial charge in [0, 0.05) is 4.83 Å². The van der Waals surface area contributed by atoms with E-state index < -0.39 is 0 Å². The fourth-order valence-corrected chi connectivity index (χ4v) is 2.85. The molecule has 0 spiro atoms. The lowest BCUT2D eigenvalue weighted by Gasteiger charge is -2.32. The second kappa shape index (κ2) is 4.79. The van der Waals surface area contributed by atoms with Crippen molar-refractivity contribution in [2.24, 2.45) is 0 Å². The molecule has 0 aromatic rings. The SMILES string of the molecule is BrC1CCCCCC1OC1CCC1. The van der Waals surface area contributed by atoms with E-state index in [1.165, 1.54) is 51.4 Å². The van der Waals surface area contributed by atoms with Crippen molar-refractivity contribution < 1.29 is 4.74 Å². The molecule has 1 nitrogen and oxygen atoms in total. The van der Waals surface area contributed by atoms with Crippen LogP contribution in [0.3, 0.4) is 0 Å². The number of ether oxygens (including phenoxy) is 1. The van der Waals surface area contributed by atoms with Gasteiger partial charge in [-0.2, -0.15) is 0 Å². The molecule has 0 saturated heterocycles. The lowest BCUT2D eigenvalue weighted by molar-refractivity contribution is -0.0530. The van der Waals surface area contributed by atoms with E-state index in [2.05, 4.69) is 15.9 Å². The molecule has 13 heavy (non-hydrogen) atoms. The minimum atomic E-state index is 0.507. The van der Waals surface area contributed by atoms with Gasteiger partial charge in [-0.1, -0.05) is 35.2 Å². The summed E-state index contributed by atoms with van der Waals surface area (Å²) in [6.45, 7) is 0. The molecule has 76 valence electrons. The van der Waals surface area contributed by atoms with Gasteiger partial charge < -0.3 is 4.74 Å². The Morgan fingerprint density at radius 3 is 2.31 bits per heavy atom. The van der Waals surface area contributed by atoms with Crippen molar-refractivity contribution in [3.05, 3.63) is 0 Å². The minimum absolute atomic E-state index is 0.507. The molecule has 0 radical (unpaired) electrons. The van der Waals surface area contributed by atoms with Crippen LogP contribution in [0.5, 0.6) is 0 Å². The van der Waals surface area contributed by atoms with Gasteiger partial charge in [0.1, 0.15) is 0 Å². The van der Waals surface area contributed by atoms with Crippen LogP contribution in [0.25, 0.3) is 0 Å². The average Bonchev–Trinajstić information content (AvgIpc) is 2.23. The zero-order chi connectivity index (χ0) is 9.10. The highest BCUT2D eigenvalue weighted by Gasteiger charge is 2.27. The van der Waals surface area contributed by atoms with E-state index in [1.807, 2.05) is 0 Å². The van der Waals surface area contributed by atoms with Gasteiger partial charge in [0.15, 0.2) is 0 Å². The zero-order valence-corrected chi connectivity index (χ0v) is 9.76. The lowest BCUT2D eigenvalue weighted by Crippen LogP contribution is -2.32. The third-order valence-corrected chi connectivity index (χ3v) is 4.34. The van der Waals surface area contributed by atoms with Gasteiger partial charge in [-0.25, -0.2) is 0 Å². The van der Waals surface area contributed by atoms with Gasteiger partial charge in [0.05, 0.1) is 12.2 Å². The summed E-state index contributed by atoms with van der Waals surface area (Å²) in [5.41, 5.74) is 0. The second-order valence-electron chi connectivity index (χ2n) is 4.38. The van der Waals surface area contributed by atoms with Crippen molar-refractivity contribution in [3.8, 4) is 0 Å². The highest BCUT2D eigenvalue weighted by molar-refractivity contribution is 9.09. The van der Waals surface area contributed by atoms with Gasteiger partial charge in [-0.15, -0.1) is 0 Å². The maximum atomic E-state index is 6.07. The van der Waals surface area contributed by atoms with Crippen LogP contribution in [-0.4, -0.2) is 17.0 Å². The summed E-state index contributed by atoms with van der Waals surface area (Å²) in [5.74, 6) is 0. The van der Waals surface area contributed by atoms with Gasteiger partial charge in [0.2, 0.25) is 0 Å². The first-order chi connectivity index (χ1) is 6.36. The number of hydrogen-bond acceptors (Lipinski definition) is 1. The van der Waals surface area contributed by atoms with Gasteiger partial charge in [-0.05, 0) is 32.1 Å². The Kier molecular flexibility index (Phi) is 3.67. The maximum Gasteiger partial charge on any atom is 0.0703 e. The Morgan fingerprint density at radius 1 is 0.846 bits per heavy atom. The summed E-state index contributed by atoms with van der Waals surface area (Å²) in [6.07, 6.45) is 11.8. The van der Waals surface area contributed by atoms with Crippen LogP contribution in [0.4, 0.5) is 0 Å². The molecule has 0 aliphatic heterocycles. The van der Waals surface area contributed by atoms with Gasteiger partial charge >= 0.3 is 0 Å². The Bertz CT molecular complexity index is 156.